The number of carbonyl (C=O) groups excluding carboxylic acids is 2. The number of nitrogens with one attached hydrogen (secondary N) is 2. The molecular weight excluding hydrogens is 280 g/mol. The Bertz CT molecular complexity index is 600. The summed E-state index contributed by atoms with van der Waals surface area (Å²) >= 11 is 0. The van der Waals surface area contributed by atoms with Gasteiger partial charge in [0.2, 0.25) is 0 Å². The van der Waals surface area contributed by atoms with Gasteiger partial charge in [-0.1, -0.05) is 48.5 Å². The van der Waals surface area contributed by atoms with Gasteiger partial charge in [0.05, 0.1) is 13.2 Å². The maximum Gasteiger partial charge on any atom is 0.320 e. The molecule has 0 radical (unpaired) electrons. The summed E-state index contributed by atoms with van der Waals surface area (Å²) in [7, 11) is 0. The van der Waals surface area contributed by atoms with E-state index in [0.29, 0.717) is 5.56 Å². The van der Waals surface area contributed by atoms with Crippen LogP contribution in [-0.2, 0) is 16.1 Å². The second-order valence-corrected chi connectivity index (χ2v) is 4.62. The summed E-state index contributed by atoms with van der Waals surface area (Å²) in [5, 5.41) is 5.49. The first-order valence-corrected chi connectivity index (χ1v) is 6.99. The highest BCUT2D eigenvalue weighted by Gasteiger charge is 2.05. The minimum Gasteiger partial charge on any atom is -0.460 e. The molecule has 0 aliphatic carbocycles. The molecule has 0 saturated heterocycles. The van der Waals surface area contributed by atoms with Gasteiger partial charge in [0.25, 0.3) is 5.91 Å². The number of ether oxygens (including phenoxy) is 1. The van der Waals surface area contributed by atoms with Gasteiger partial charge < -0.3 is 10.1 Å². The molecule has 2 N–H and O–H groups in total. The van der Waals surface area contributed by atoms with Crippen molar-refractivity contribution in [1.82, 2.24) is 10.6 Å². The average Bonchev–Trinajstić information content (AvgIpc) is 2.58. The number of hydrogen-bond acceptors (Lipinski definition) is 4. The Morgan fingerprint density at radius 2 is 1.55 bits per heavy atom. The van der Waals surface area contributed by atoms with E-state index in [2.05, 4.69) is 10.6 Å². The fraction of sp³-hybridized carbons (Fsp3) is 0.176. The molecule has 0 saturated carbocycles. The minimum absolute atomic E-state index is 0.0436. The standard InChI is InChI=1S/C17H18N2O3/c20-16(22-12-14-7-3-1-4-8-14)11-18-13-19-17(21)15-9-5-2-6-10-15/h1-10,18H,11-13H2,(H,19,21). The van der Waals surface area contributed by atoms with Gasteiger partial charge in [-0.25, -0.2) is 0 Å². The molecule has 0 fully saturated rings. The van der Waals surface area contributed by atoms with Crippen LogP contribution in [0.25, 0.3) is 0 Å². The molecule has 0 spiro atoms. The van der Waals surface area contributed by atoms with E-state index < -0.39 is 0 Å². The van der Waals surface area contributed by atoms with Crippen molar-refractivity contribution in [3.63, 3.8) is 0 Å². The van der Waals surface area contributed by atoms with Crippen LogP contribution < -0.4 is 10.6 Å². The quantitative estimate of drug-likeness (QED) is 0.464. The molecule has 0 aliphatic rings. The summed E-state index contributed by atoms with van der Waals surface area (Å²) in [5.41, 5.74) is 1.52. The van der Waals surface area contributed by atoms with Crippen LogP contribution in [-0.4, -0.2) is 25.1 Å². The zero-order valence-electron chi connectivity index (χ0n) is 12.1. The summed E-state index contributed by atoms with van der Waals surface area (Å²) in [5.74, 6) is -0.552. The van der Waals surface area contributed by atoms with Crippen molar-refractivity contribution in [2.24, 2.45) is 0 Å². The highest BCUT2D eigenvalue weighted by molar-refractivity contribution is 5.94. The molecule has 114 valence electrons. The molecule has 5 nitrogen and oxygen atoms in total. The molecule has 22 heavy (non-hydrogen) atoms. The van der Waals surface area contributed by atoms with E-state index in [1.807, 2.05) is 36.4 Å². The van der Waals surface area contributed by atoms with Crippen molar-refractivity contribution in [1.29, 1.82) is 0 Å². The zero-order chi connectivity index (χ0) is 15.6. The Kier molecular flexibility index (Phi) is 6.14. The van der Waals surface area contributed by atoms with Crippen LogP contribution in [0.1, 0.15) is 15.9 Å². The molecule has 1 amide bonds. The van der Waals surface area contributed by atoms with Crippen molar-refractivity contribution in [2.75, 3.05) is 13.2 Å². The van der Waals surface area contributed by atoms with E-state index >= 15 is 0 Å². The summed E-state index contributed by atoms with van der Waals surface area (Å²) < 4.78 is 5.11. The van der Waals surface area contributed by atoms with E-state index in [4.69, 9.17) is 4.74 Å². The van der Waals surface area contributed by atoms with Gasteiger partial charge in [0.1, 0.15) is 6.61 Å². The number of hydrogen-bond donors (Lipinski definition) is 2. The fourth-order valence-corrected chi connectivity index (χ4v) is 1.79. The van der Waals surface area contributed by atoms with Gasteiger partial charge in [-0.05, 0) is 17.7 Å². The Hall–Kier alpha value is -2.66. The first kappa shape index (κ1) is 15.7. The molecule has 5 heteroatoms. The lowest BCUT2D eigenvalue weighted by Gasteiger charge is -2.08. The predicted molar refractivity (Wildman–Crippen MR) is 83.0 cm³/mol. The summed E-state index contributed by atoms with van der Waals surface area (Å²) in [6, 6.07) is 18.3. The van der Waals surface area contributed by atoms with Crippen molar-refractivity contribution in [3.8, 4) is 0 Å². The summed E-state index contributed by atoms with van der Waals surface area (Å²) in [6.07, 6.45) is 0. The molecule has 0 aromatic heterocycles. The second-order valence-electron chi connectivity index (χ2n) is 4.62. The molecule has 2 aromatic carbocycles. The Morgan fingerprint density at radius 1 is 0.909 bits per heavy atom. The van der Waals surface area contributed by atoms with Crippen molar-refractivity contribution in [2.45, 2.75) is 6.61 Å². The van der Waals surface area contributed by atoms with Crippen molar-refractivity contribution < 1.29 is 14.3 Å². The first-order valence-electron chi connectivity index (χ1n) is 6.99. The summed E-state index contributed by atoms with van der Waals surface area (Å²) in [4.78, 5) is 23.3. The minimum atomic E-state index is -0.363. The van der Waals surface area contributed by atoms with Gasteiger partial charge in [-0.15, -0.1) is 0 Å². The number of carbonyl (C=O) groups is 2. The molecule has 0 bridgehead atoms. The molecule has 2 aromatic rings. The van der Waals surface area contributed by atoms with Crippen LogP contribution in [0.15, 0.2) is 60.7 Å². The fourth-order valence-electron chi connectivity index (χ4n) is 1.79. The van der Waals surface area contributed by atoms with Crippen LogP contribution in [0.4, 0.5) is 0 Å². The monoisotopic (exact) mass is 298 g/mol. The summed E-state index contributed by atoms with van der Waals surface area (Å²) in [6.45, 7) is 0.494. The van der Waals surface area contributed by atoms with E-state index in [-0.39, 0.29) is 31.7 Å². The van der Waals surface area contributed by atoms with Crippen molar-refractivity contribution in [3.05, 3.63) is 71.8 Å². The SMILES string of the molecule is O=C(CNCNC(=O)c1ccccc1)OCc1ccccc1. The molecule has 0 atom stereocenters. The Labute approximate surface area is 129 Å². The van der Waals surface area contributed by atoms with E-state index in [9.17, 15) is 9.59 Å². The maximum absolute atomic E-state index is 11.7. The van der Waals surface area contributed by atoms with Crippen LogP contribution in [0, 0.1) is 0 Å². The van der Waals surface area contributed by atoms with E-state index in [1.54, 1.807) is 24.3 Å². The molecular formula is C17H18N2O3. The van der Waals surface area contributed by atoms with Gasteiger partial charge in [-0.2, -0.15) is 0 Å². The van der Waals surface area contributed by atoms with Crippen LogP contribution in [0.2, 0.25) is 0 Å². The zero-order valence-corrected chi connectivity index (χ0v) is 12.1. The van der Waals surface area contributed by atoms with E-state index in [1.165, 1.54) is 0 Å². The number of benzene rings is 2. The number of rotatable bonds is 7. The largest absolute Gasteiger partial charge is 0.460 e. The van der Waals surface area contributed by atoms with Gasteiger partial charge in [0.15, 0.2) is 0 Å². The van der Waals surface area contributed by atoms with Crippen LogP contribution >= 0.6 is 0 Å². The third-order valence-corrected chi connectivity index (χ3v) is 2.92. The highest BCUT2D eigenvalue weighted by Crippen LogP contribution is 2.00. The average molecular weight is 298 g/mol. The third-order valence-electron chi connectivity index (χ3n) is 2.92. The number of amides is 1. The van der Waals surface area contributed by atoms with Crippen LogP contribution in [0.5, 0.6) is 0 Å². The first-order chi connectivity index (χ1) is 10.8. The lowest BCUT2D eigenvalue weighted by Crippen LogP contribution is -2.36. The smallest absolute Gasteiger partial charge is 0.320 e. The van der Waals surface area contributed by atoms with Gasteiger partial charge in [-0.3, -0.25) is 14.9 Å². The van der Waals surface area contributed by atoms with Crippen molar-refractivity contribution >= 4 is 11.9 Å². The Morgan fingerprint density at radius 3 is 2.23 bits per heavy atom. The lowest BCUT2D eigenvalue weighted by atomic mass is 10.2. The normalized spacial score (nSPS) is 10.0. The highest BCUT2D eigenvalue weighted by atomic mass is 16.5. The number of esters is 1. The Balaban J connectivity index is 1.60. The molecule has 0 heterocycles. The third kappa shape index (κ3) is 5.38. The van der Waals surface area contributed by atoms with Gasteiger partial charge in [0, 0.05) is 5.56 Å². The van der Waals surface area contributed by atoms with Crippen LogP contribution in [0.3, 0.4) is 0 Å². The van der Waals surface area contributed by atoms with Gasteiger partial charge >= 0.3 is 5.97 Å². The topological polar surface area (TPSA) is 67.4 Å². The predicted octanol–water partition coefficient (Wildman–Crippen LogP) is 1.71. The lowest BCUT2D eigenvalue weighted by molar-refractivity contribution is -0.143. The second kappa shape index (κ2) is 8.59. The molecule has 0 aliphatic heterocycles. The maximum atomic E-state index is 11.7. The molecule has 0 unspecified atom stereocenters. The molecule has 2 rings (SSSR count). The van der Waals surface area contributed by atoms with E-state index in [0.717, 1.165) is 5.56 Å².